The van der Waals surface area contributed by atoms with Gasteiger partial charge < -0.3 is 5.11 Å². The van der Waals surface area contributed by atoms with Gasteiger partial charge in [-0.3, -0.25) is 4.79 Å². The summed E-state index contributed by atoms with van der Waals surface area (Å²) in [5.74, 6) is 1.12. The van der Waals surface area contributed by atoms with E-state index in [0.717, 1.165) is 16.7 Å². The second-order valence-electron chi connectivity index (χ2n) is 7.28. The molecule has 0 heterocycles. The van der Waals surface area contributed by atoms with Crippen molar-refractivity contribution >= 4 is 11.5 Å². The van der Waals surface area contributed by atoms with E-state index in [1.807, 2.05) is 6.92 Å². The van der Waals surface area contributed by atoms with Crippen LogP contribution in [0.1, 0.15) is 102 Å². The molecule has 0 bridgehead atoms. The second kappa shape index (κ2) is 7.81. The maximum atomic E-state index is 11.9. The number of rotatable bonds is 6. The molecule has 2 heteroatoms. The molecular weight excluding hydrogens is 284 g/mol. The lowest BCUT2D eigenvalue weighted by Crippen LogP contribution is -2.09. The van der Waals surface area contributed by atoms with Crippen LogP contribution in [0.4, 0.5) is 0 Å². The largest absolute Gasteiger partial charge is 0.507 e. The zero-order valence-corrected chi connectivity index (χ0v) is 15.9. The van der Waals surface area contributed by atoms with Crippen molar-refractivity contribution in [2.24, 2.45) is 0 Å². The Morgan fingerprint density at radius 3 is 1.65 bits per heavy atom. The molecule has 0 aliphatic carbocycles. The van der Waals surface area contributed by atoms with E-state index in [0.29, 0.717) is 17.9 Å². The van der Waals surface area contributed by atoms with Crippen molar-refractivity contribution in [2.45, 2.75) is 79.6 Å². The van der Waals surface area contributed by atoms with Crippen LogP contribution in [0.2, 0.25) is 0 Å². The molecule has 0 unspecified atom stereocenters. The third-order valence-electron chi connectivity index (χ3n) is 4.43. The number of ketones is 1. The third kappa shape index (κ3) is 4.25. The summed E-state index contributed by atoms with van der Waals surface area (Å²) in [6, 6.07) is 4.39. The Hall–Kier alpha value is -1.57. The lowest BCUT2D eigenvalue weighted by Gasteiger charge is -2.23. The van der Waals surface area contributed by atoms with Gasteiger partial charge in [-0.1, -0.05) is 60.6 Å². The SMILES string of the molecule is CC/C(C(C)=O)=C(/O)c1c(C(C)C)cc(C(C)C)cc1C(C)C. The van der Waals surface area contributed by atoms with E-state index in [1.165, 1.54) is 12.5 Å². The van der Waals surface area contributed by atoms with Gasteiger partial charge in [-0.25, -0.2) is 0 Å². The van der Waals surface area contributed by atoms with E-state index >= 15 is 0 Å². The van der Waals surface area contributed by atoms with Crippen LogP contribution in [0.15, 0.2) is 17.7 Å². The van der Waals surface area contributed by atoms with E-state index in [2.05, 4.69) is 53.7 Å². The molecule has 0 spiro atoms. The zero-order valence-electron chi connectivity index (χ0n) is 15.9. The highest BCUT2D eigenvalue weighted by Crippen LogP contribution is 2.36. The molecule has 2 nitrogen and oxygen atoms in total. The lowest BCUT2D eigenvalue weighted by molar-refractivity contribution is -0.113. The van der Waals surface area contributed by atoms with Crippen LogP contribution in [-0.4, -0.2) is 10.9 Å². The van der Waals surface area contributed by atoms with Crippen molar-refractivity contribution in [2.75, 3.05) is 0 Å². The van der Waals surface area contributed by atoms with E-state index in [9.17, 15) is 9.90 Å². The molecule has 0 aliphatic rings. The van der Waals surface area contributed by atoms with Crippen LogP contribution in [-0.2, 0) is 4.79 Å². The molecule has 1 aromatic carbocycles. The van der Waals surface area contributed by atoms with Crippen LogP contribution in [0.25, 0.3) is 5.76 Å². The standard InChI is InChI=1S/C21H32O2/c1-9-17(15(8)22)21(23)20-18(13(4)5)10-16(12(2)3)11-19(20)14(6)7/h10-14,23H,9H2,1-8H3/b21-17-. The molecule has 23 heavy (non-hydrogen) atoms. The van der Waals surface area contributed by atoms with Crippen molar-refractivity contribution in [3.63, 3.8) is 0 Å². The van der Waals surface area contributed by atoms with E-state index in [4.69, 9.17) is 0 Å². The highest BCUT2D eigenvalue weighted by Gasteiger charge is 2.22. The molecule has 128 valence electrons. The number of hydrogen-bond donors (Lipinski definition) is 1. The number of Topliss-reactive ketones (excluding diaryl/α,β-unsaturated/α-hetero) is 1. The predicted octanol–water partition coefficient (Wildman–Crippen LogP) is 6.32. The monoisotopic (exact) mass is 316 g/mol. The first-order valence-corrected chi connectivity index (χ1v) is 8.72. The van der Waals surface area contributed by atoms with Gasteiger partial charge in [0.15, 0.2) is 5.78 Å². The lowest BCUT2D eigenvalue weighted by atomic mass is 9.82. The molecular formula is C21H32O2. The molecule has 1 rings (SSSR count). The van der Waals surface area contributed by atoms with Crippen LogP contribution in [0, 0.1) is 0 Å². The second-order valence-corrected chi connectivity index (χ2v) is 7.28. The Labute approximate surface area is 141 Å². The summed E-state index contributed by atoms with van der Waals surface area (Å²) in [4.78, 5) is 11.9. The fourth-order valence-electron chi connectivity index (χ4n) is 2.96. The van der Waals surface area contributed by atoms with E-state index in [-0.39, 0.29) is 23.4 Å². The number of carbonyl (C=O) groups is 1. The number of benzene rings is 1. The molecule has 0 radical (unpaired) electrons. The fraction of sp³-hybridized carbons (Fsp3) is 0.571. The van der Waals surface area contributed by atoms with Gasteiger partial charge in [-0.15, -0.1) is 0 Å². The molecule has 1 N–H and O–H groups in total. The van der Waals surface area contributed by atoms with Crippen molar-refractivity contribution < 1.29 is 9.90 Å². The molecule has 1 aromatic rings. The maximum Gasteiger partial charge on any atom is 0.159 e. The normalized spacial score (nSPS) is 13.0. The summed E-state index contributed by atoms with van der Waals surface area (Å²) < 4.78 is 0. The quantitative estimate of drug-likeness (QED) is 0.492. The molecule has 0 aromatic heterocycles. The van der Waals surface area contributed by atoms with Gasteiger partial charge in [0, 0.05) is 11.1 Å². The average molecular weight is 316 g/mol. The van der Waals surface area contributed by atoms with Crippen molar-refractivity contribution in [1.29, 1.82) is 0 Å². The fourth-order valence-corrected chi connectivity index (χ4v) is 2.96. The minimum atomic E-state index is -0.0534. The van der Waals surface area contributed by atoms with Gasteiger partial charge in [-0.05, 0) is 47.8 Å². The van der Waals surface area contributed by atoms with Crippen molar-refractivity contribution in [3.8, 4) is 0 Å². The van der Waals surface area contributed by atoms with Gasteiger partial charge >= 0.3 is 0 Å². The first-order chi connectivity index (χ1) is 10.6. The van der Waals surface area contributed by atoms with Crippen LogP contribution < -0.4 is 0 Å². The molecule has 0 aliphatic heterocycles. The molecule has 0 fully saturated rings. The smallest absolute Gasteiger partial charge is 0.159 e. The van der Waals surface area contributed by atoms with E-state index in [1.54, 1.807) is 0 Å². The Balaban J connectivity index is 3.85. The average Bonchev–Trinajstić information content (AvgIpc) is 2.45. The van der Waals surface area contributed by atoms with Crippen LogP contribution in [0.5, 0.6) is 0 Å². The summed E-state index contributed by atoms with van der Waals surface area (Å²) in [5.41, 5.74) is 4.93. The third-order valence-corrected chi connectivity index (χ3v) is 4.43. The molecule has 0 amide bonds. The molecule has 0 saturated heterocycles. The minimum absolute atomic E-state index is 0.0534. The highest BCUT2D eigenvalue weighted by molar-refractivity contribution is 6.00. The summed E-state index contributed by atoms with van der Waals surface area (Å²) in [5, 5.41) is 10.9. The summed E-state index contributed by atoms with van der Waals surface area (Å²) in [6.07, 6.45) is 0.544. The van der Waals surface area contributed by atoms with Crippen LogP contribution >= 0.6 is 0 Å². The van der Waals surface area contributed by atoms with E-state index < -0.39 is 0 Å². The summed E-state index contributed by atoms with van der Waals surface area (Å²) in [7, 11) is 0. The predicted molar refractivity (Wildman–Crippen MR) is 99.2 cm³/mol. The van der Waals surface area contributed by atoms with Gasteiger partial charge in [0.2, 0.25) is 0 Å². The first kappa shape index (κ1) is 19.5. The number of hydrogen-bond acceptors (Lipinski definition) is 2. The number of aliphatic hydroxyl groups excluding tert-OH is 1. The number of carbonyl (C=O) groups excluding carboxylic acids is 1. The van der Waals surface area contributed by atoms with Crippen molar-refractivity contribution in [1.82, 2.24) is 0 Å². The van der Waals surface area contributed by atoms with Gasteiger partial charge in [-0.2, -0.15) is 0 Å². The Morgan fingerprint density at radius 2 is 1.39 bits per heavy atom. The maximum absolute atomic E-state index is 11.9. The topological polar surface area (TPSA) is 37.3 Å². The first-order valence-electron chi connectivity index (χ1n) is 8.72. The highest BCUT2D eigenvalue weighted by atomic mass is 16.3. The van der Waals surface area contributed by atoms with Gasteiger partial charge in [0.25, 0.3) is 0 Å². The molecule has 0 saturated carbocycles. The van der Waals surface area contributed by atoms with Gasteiger partial charge in [0.1, 0.15) is 5.76 Å². The van der Waals surface area contributed by atoms with Gasteiger partial charge in [0.05, 0.1) is 0 Å². The minimum Gasteiger partial charge on any atom is -0.507 e. The van der Waals surface area contributed by atoms with Crippen LogP contribution in [0.3, 0.4) is 0 Å². The summed E-state index contributed by atoms with van der Waals surface area (Å²) >= 11 is 0. The zero-order chi connectivity index (χ0) is 17.9. The summed E-state index contributed by atoms with van der Waals surface area (Å²) in [6.45, 7) is 16.4. The molecule has 0 atom stereocenters. The number of aliphatic hydroxyl groups is 1. The Kier molecular flexibility index (Phi) is 6.61. The number of allylic oxidation sites excluding steroid dienone is 1. The Morgan fingerprint density at radius 1 is 0.957 bits per heavy atom. The Bertz CT molecular complexity index is 575. The van der Waals surface area contributed by atoms with Crippen molar-refractivity contribution in [3.05, 3.63) is 40.0 Å².